The molecule has 0 aliphatic heterocycles. The molecule has 0 unspecified atom stereocenters. The largest absolute Gasteiger partial charge is 0.436 e. The number of halogens is 1. The van der Waals surface area contributed by atoms with E-state index >= 15 is 0 Å². The molecular formula is C25H20ClN3O4. The molecule has 0 saturated heterocycles. The number of hydrogen-bond acceptors (Lipinski definition) is 5. The third kappa shape index (κ3) is 5.10. The number of aryl methyl sites for hydroxylation is 2. The summed E-state index contributed by atoms with van der Waals surface area (Å²) in [5.41, 5.74) is 5.95. The smallest absolute Gasteiger partial charge is 0.288 e. The minimum absolute atomic E-state index is 0.0492. The van der Waals surface area contributed by atoms with Gasteiger partial charge in [-0.15, -0.1) is 0 Å². The maximum absolute atomic E-state index is 12.1. The lowest BCUT2D eigenvalue weighted by molar-refractivity contribution is -0.384. The fourth-order valence-electron chi connectivity index (χ4n) is 3.26. The third-order valence-electron chi connectivity index (χ3n) is 5.27. The minimum atomic E-state index is -0.563. The van der Waals surface area contributed by atoms with Crippen molar-refractivity contribution in [2.24, 2.45) is 0 Å². The number of amides is 1. The summed E-state index contributed by atoms with van der Waals surface area (Å²) in [6.45, 7) is 4.41. The van der Waals surface area contributed by atoms with Crippen molar-refractivity contribution in [1.82, 2.24) is 10.3 Å². The second-order valence-electron chi connectivity index (χ2n) is 7.64. The Bertz CT molecular complexity index is 1350. The predicted octanol–water partition coefficient (Wildman–Crippen LogP) is 6.00. The normalized spacial score (nSPS) is 11.2. The molecule has 0 atom stereocenters. The Balaban J connectivity index is 1.38. The molecule has 0 spiro atoms. The van der Waals surface area contributed by atoms with Crippen molar-refractivity contribution in [2.75, 3.05) is 0 Å². The lowest BCUT2D eigenvalue weighted by Gasteiger charge is -2.03. The molecule has 1 amide bonds. The van der Waals surface area contributed by atoms with E-state index in [1.54, 1.807) is 6.07 Å². The first-order valence-corrected chi connectivity index (χ1v) is 10.5. The van der Waals surface area contributed by atoms with Gasteiger partial charge in [-0.1, -0.05) is 29.8 Å². The fraction of sp³-hybridized carbons (Fsp3) is 0.120. The van der Waals surface area contributed by atoms with Crippen LogP contribution in [0.25, 0.3) is 28.6 Å². The summed E-state index contributed by atoms with van der Waals surface area (Å²) >= 11 is 5.80. The van der Waals surface area contributed by atoms with Crippen LogP contribution in [0.3, 0.4) is 0 Å². The highest BCUT2D eigenvalue weighted by atomic mass is 35.5. The molecule has 8 heteroatoms. The predicted molar refractivity (Wildman–Crippen MR) is 128 cm³/mol. The van der Waals surface area contributed by atoms with Crippen LogP contribution in [0.4, 0.5) is 5.69 Å². The van der Waals surface area contributed by atoms with Crippen molar-refractivity contribution in [3.05, 3.63) is 98.1 Å². The summed E-state index contributed by atoms with van der Waals surface area (Å²) in [5, 5.41) is 13.8. The van der Waals surface area contributed by atoms with Crippen LogP contribution in [-0.4, -0.2) is 15.8 Å². The number of nitrogens with zero attached hydrogens (tertiary/aromatic N) is 2. The molecule has 1 heterocycles. The van der Waals surface area contributed by atoms with Gasteiger partial charge in [-0.05, 0) is 72.5 Å². The summed E-state index contributed by atoms with van der Waals surface area (Å²) in [7, 11) is 0. The number of fused-ring (bicyclic) bond motifs is 1. The zero-order chi connectivity index (χ0) is 23.5. The van der Waals surface area contributed by atoms with E-state index in [-0.39, 0.29) is 16.6 Å². The first-order valence-electron chi connectivity index (χ1n) is 10.2. The number of rotatable bonds is 6. The molecule has 166 valence electrons. The number of carbonyl (C=O) groups excluding carboxylic acids is 1. The van der Waals surface area contributed by atoms with Crippen molar-refractivity contribution < 1.29 is 14.1 Å². The van der Waals surface area contributed by atoms with E-state index in [4.69, 9.17) is 16.0 Å². The third-order valence-corrected chi connectivity index (χ3v) is 5.59. The number of benzene rings is 3. The second kappa shape index (κ2) is 9.26. The summed E-state index contributed by atoms with van der Waals surface area (Å²) in [6, 6.07) is 15.9. The number of hydrogen-bond donors (Lipinski definition) is 1. The van der Waals surface area contributed by atoms with Gasteiger partial charge in [0.2, 0.25) is 11.8 Å². The lowest BCUT2D eigenvalue weighted by atomic mass is 10.1. The molecule has 0 fully saturated rings. The summed E-state index contributed by atoms with van der Waals surface area (Å²) < 4.78 is 5.89. The molecule has 4 rings (SSSR count). The molecule has 0 aliphatic rings. The standard InChI is InChI=1S/C25H20ClN3O4/c1-15-11-21-23(12-16(15)2)33-25(28-21)19-7-3-18(4-8-19)14-27-24(30)10-6-17-5-9-20(26)22(13-17)29(31)32/h3-13H,14H2,1-2H3,(H,27,30)/b10-6+. The quantitative estimate of drug-likeness (QED) is 0.215. The zero-order valence-corrected chi connectivity index (χ0v) is 18.7. The van der Waals surface area contributed by atoms with Crippen molar-refractivity contribution >= 4 is 40.4 Å². The van der Waals surface area contributed by atoms with Gasteiger partial charge in [0.05, 0.1) is 4.92 Å². The van der Waals surface area contributed by atoms with Gasteiger partial charge >= 0.3 is 0 Å². The molecule has 4 aromatic rings. The van der Waals surface area contributed by atoms with Crippen molar-refractivity contribution in [3.63, 3.8) is 0 Å². The number of carbonyl (C=O) groups is 1. The Kier molecular flexibility index (Phi) is 6.24. The van der Waals surface area contributed by atoms with Gasteiger partial charge < -0.3 is 9.73 Å². The van der Waals surface area contributed by atoms with Crippen molar-refractivity contribution in [2.45, 2.75) is 20.4 Å². The van der Waals surface area contributed by atoms with Gasteiger partial charge in [0.15, 0.2) is 5.58 Å². The minimum Gasteiger partial charge on any atom is -0.436 e. The number of nitro benzene ring substituents is 1. The molecule has 0 saturated carbocycles. The van der Waals surface area contributed by atoms with E-state index in [9.17, 15) is 14.9 Å². The van der Waals surface area contributed by atoms with E-state index in [1.807, 2.05) is 50.2 Å². The second-order valence-corrected chi connectivity index (χ2v) is 8.05. The van der Waals surface area contributed by atoms with E-state index in [1.165, 1.54) is 24.3 Å². The monoisotopic (exact) mass is 461 g/mol. The maximum Gasteiger partial charge on any atom is 0.288 e. The maximum atomic E-state index is 12.1. The molecule has 0 aliphatic carbocycles. The van der Waals surface area contributed by atoms with Gasteiger partial charge in [0.25, 0.3) is 5.69 Å². The van der Waals surface area contributed by atoms with Gasteiger partial charge in [-0.2, -0.15) is 0 Å². The molecule has 1 N–H and O–H groups in total. The van der Waals surface area contributed by atoms with Crippen LogP contribution in [0.1, 0.15) is 22.3 Å². The lowest BCUT2D eigenvalue weighted by Crippen LogP contribution is -2.20. The highest BCUT2D eigenvalue weighted by molar-refractivity contribution is 6.32. The molecule has 0 radical (unpaired) electrons. The summed E-state index contributed by atoms with van der Waals surface area (Å²) in [4.78, 5) is 27.1. The van der Waals surface area contributed by atoms with E-state index in [2.05, 4.69) is 10.3 Å². The molecule has 33 heavy (non-hydrogen) atoms. The van der Waals surface area contributed by atoms with Crippen molar-refractivity contribution in [1.29, 1.82) is 0 Å². The van der Waals surface area contributed by atoms with Crippen LogP contribution in [0.5, 0.6) is 0 Å². The molecule has 0 bridgehead atoms. The fourth-order valence-corrected chi connectivity index (χ4v) is 3.45. The van der Waals surface area contributed by atoms with Crippen LogP contribution in [0.15, 0.2) is 65.1 Å². The summed E-state index contributed by atoms with van der Waals surface area (Å²) in [6.07, 6.45) is 2.82. The van der Waals surface area contributed by atoms with Gasteiger partial charge in [0, 0.05) is 24.3 Å². The number of aromatic nitrogens is 1. The van der Waals surface area contributed by atoms with Crippen LogP contribution in [0, 0.1) is 24.0 Å². The Morgan fingerprint density at radius 2 is 1.85 bits per heavy atom. The average Bonchev–Trinajstić information content (AvgIpc) is 3.20. The van der Waals surface area contributed by atoms with Crippen LogP contribution >= 0.6 is 11.6 Å². The van der Waals surface area contributed by atoms with E-state index in [0.717, 1.165) is 33.4 Å². The van der Waals surface area contributed by atoms with Crippen molar-refractivity contribution in [3.8, 4) is 11.5 Å². The molecule has 1 aromatic heterocycles. The van der Waals surface area contributed by atoms with E-state index in [0.29, 0.717) is 18.0 Å². The molecule has 3 aromatic carbocycles. The van der Waals surface area contributed by atoms with E-state index < -0.39 is 4.92 Å². The van der Waals surface area contributed by atoms with Gasteiger partial charge in [-0.25, -0.2) is 4.98 Å². The Labute approximate surface area is 194 Å². The topological polar surface area (TPSA) is 98.3 Å². The van der Waals surface area contributed by atoms with Crippen LogP contribution in [0.2, 0.25) is 5.02 Å². The SMILES string of the molecule is Cc1cc2nc(-c3ccc(CNC(=O)/C=C/c4ccc(Cl)c([N+](=O)[O-])c4)cc3)oc2cc1C. The summed E-state index contributed by atoms with van der Waals surface area (Å²) in [5.74, 6) is 0.229. The highest BCUT2D eigenvalue weighted by Crippen LogP contribution is 2.27. The molecule has 7 nitrogen and oxygen atoms in total. The average molecular weight is 462 g/mol. The molecular weight excluding hydrogens is 442 g/mol. The van der Waals surface area contributed by atoms with Crippen LogP contribution < -0.4 is 5.32 Å². The number of nitrogens with one attached hydrogen (secondary N) is 1. The van der Waals surface area contributed by atoms with Gasteiger partial charge in [-0.3, -0.25) is 14.9 Å². The number of nitro groups is 1. The Morgan fingerprint density at radius 1 is 1.12 bits per heavy atom. The zero-order valence-electron chi connectivity index (χ0n) is 18.0. The Hall–Kier alpha value is -3.97. The van der Waals surface area contributed by atoms with Crippen LogP contribution in [-0.2, 0) is 11.3 Å². The highest BCUT2D eigenvalue weighted by Gasteiger charge is 2.12. The number of oxazole rings is 1. The Morgan fingerprint density at radius 3 is 2.58 bits per heavy atom. The first-order chi connectivity index (χ1) is 15.8. The first kappa shape index (κ1) is 22.2. The van der Waals surface area contributed by atoms with Gasteiger partial charge in [0.1, 0.15) is 10.5 Å².